The van der Waals surface area contributed by atoms with Gasteiger partial charge < -0.3 is 9.32 Å². The minimum Gasteiger partial charge on any atom is -0.454 e. The maximum atomic E-state index is 14.0. The van der Waals surface area contributed by atoms with Gasteiger partial charge in [-0.25, -0.2) is 4.39 Å². The SMILES string of the molecule is Fc1ccc(-c2ccc(N(c3ccc(-c4ccc5ccccc5c4)cc3)c3cccc4c3oc3ccccc34)cc2-c2ccccc2)cc1. The highest BCUT2D eigenvalue weighted by molar-refractivity contribution is 6.10. The maximum Gasteiger partial charge on any atom is 0.159 e. The average molecular weight is 632 g/mol. The summed E-state index contributed by atoms with van der Waals surface area (Å²) >= 11 is 0. The van der Waals surface area contributed by atoms with Gasteiger partial charge >= 0.3 is 0 Å². The van der Waals surface area contributed by atoms with Crippen LogP contribution < -0.4 is 4.90 Å². The summed E-state index contributed by atoms with van der Waals surface area (Å²) in [6.45, 7) is 0. The number of fused-ring (bicyclic) bond motifs is 4. The quantitative estimate of drug-likeness (QED) is 0.182. The van der Waals surface area contributed by atoms with Crippen molar-refractivity contribution in [2.75, 3.05) is 4.90 Å². The molecule has 0 unspecified atom stereocenters. The van der Waals surface area contributed by atoms with E-state index in [0.29, 0.717) is 0 Å². The number of anilines is 3. The third-order valence-electron chi connectivity index (χ3n) is 9.33. The van der Waals surface area contributed by atoms with Gasteiger partial charge in [0.1, 0.15) is 11.4 Å². The van der Waals surface area contributed by atoms with E-state index < -0.39 is 0 Å². The molecular formula is C46H30FNO. The summed E-state index contributed by atoms with van der Waals surface area (Å²) in [6.07, 6.45) is 0. The van der Waals surface area contributed by atoms with Crippen molar-refractivity contribution in [3.8, 4) is 33.4 Å². The van der Waals surface area contributed by atoms with Gasteiger partial charge in [-0.1, -0.05) is 127 Å². The van der Waals surface area contributed by atoms with Crippen molar-refractivity contribution in [2.24, 2.45) is 0 Å². The van der Waals surface area contributed by atoms with E-state index in [1.807, 2.05) is 36.4 Å². The molecule has 1 aromatic heterocycles. The average Bonchev–Trinajstić information content (AvgIpc) is 3.55. The van der Waals surface area contributed by atoms with Gasteiger partial charge in [-0.2, -0.15) is 0 Å². The van der Waals surface area contributed by atoms with Crippen LogP contribution >= 0.6 is 0 Å². The number of furan rings is 1. The molecule has 0 aliphatic carbocycles. The van der Waals surface area contributed by atoms with Gasteiger partial charge in [-0.3, -0.25) is 0 Å². The lowest BCUT2D eigenvalue weighted by atomic mass is 9.93. The van der Waals surface area contributed by atoms with E-state index in [1.54, 1.807) is 0 Å². The second-order valence-electron chi connectivity index (χ2n) is 12.3. The van der Waals surface area contributed by atoms with Gasteiger partial charge in [0, 0.05) is 22.1 Å². The first-order chi connectivity index (χ1) is 24.2. The molecular weight excluding hydrogens is 602 g/mol. The Morgan fingerprint density at radius 1 is 0.408 bits per heavy atom. The van der Waals surface area contributed by atoms with Gasteiger partial charge in [0.25, 0.3) is 0 Å². The van der Waals surface area contributed by atoms with Gasteiger partial charge in [-0.15, -0.1) is 0 Å². The Balaban J connectivity index is 1.24. The molecule has 9 rings (SSSR count). The number of hydrogen-bond donors (Lipinski definition) is 0. The lowest BCUT2D eigenvalue weighted by Crippen LogP contribution is -2.10. The summed E-state index contributed by atoms with van der Waals surface area (Å²) < 4.78 is 20.5. The van der Waals surface area contributed by atoms with Crippen LogP contribution in [0.4, 0.5) is 21.5 Å². The Morgan fingerprint density at radius 2 is 1.06 bits per heavy atom. The molecule has 0 saturated carbocycles. The number of benzene rings is 8. The molecule has 0 aliphatic rings. The van der Waals surface area contributed by atoms with Gasteiger partial charge in [-0.05, 0) is 98.8 Å². The van der Waals surface area contributed by atoms with Crippen LogP contribution in [0.2, 0.25) is 0 Å². The fourth-order valence-corrected chi connectivity index (χ4v) is 6.92. The largest absolute Gasteiger partial charge is 0.454 e. The highest BCUT2D eigenvalue weighted by Gasteiger charge is 2.21. The standard InChI is InChI=1S/C46H30FNO/c47-37-23-19-34(20-24-37)40-28-27-39(30-43(40)33-10-2-1-3-11-33)48(44-15-8-14-42-41-13-6-7-16-45(41)49-46(42)44)38-25-21-32(22-26-38)36-18-17-31-9-4-5-12-35(31)29-36/h1-30H. The zero-order valence-electron chi connectivity index (χ0n) is 26.6. The van der Waals surface area contributed by atoms with Crippen molar-refractivity contribution < 1.29 is 8.81 Å². The summed E-state index contributed by atoms with van der Waals surface area (Å²) in [5, 5.41) is 4.60. The molecule has 1 heterocycles. The molecule has 0 bridgehead atoms. The van der Waals surface area contributed by atoms with Crippen LogP contribution in [0, 0.1) is 5.82 Å². The Kier molecular flexibility index (Phi) is 7.02. The first kappa shape index (κ1) is 28.7. The molecule has 0 amide bonds. The van der Waals surface area contributed by atoms with Crippen LogP contribution in [0.25, 0.3) is 66.1 Å². The summed E-state index contributed by atoms with van der Waals surface area (Å²) in [7, 11) is 0. The van der Waals surface area contributed by atoms with Gasteiger partial charge in [0.2, 0.25) is 0 Å². The normalized spacial score (nSPS) is 11.4. The molecule has 8 aromatic carbocycles. The Labute approximate surface area is 283 Å². The van der Waals surface area contributed by atoms with Crippen LogP contribution in [-0.4, -0.2) is 0 Å². The second kappa shape index (κ2) is 12.0. The molecule has 9 aromatic rings. The predicted molar refractivity (Wildman–Crippen MR) is 202 cm³/mol. The lowest BCUT2D eigenvalue weighted by molar-refractivity contribution is 0.628. The summed E-state index contributed by atoms with van der Waals surface area (Å²) in [6, 6.07) is 61.9. The minimum absolute atomic E-state index is 0.251. The summed E-state index contributed by atoms with van der Waals surface area (Å²) in [5.41, 5.74) is 11.1. The van der Waals surface area contributed by atoms with Crippen molar-refractivity contribution in [1.29, 1.82) is 0 Å². The highest BCUT2D eigenvalue weighted by Crippen LogP contribution is 2.45. The molecule has 0 N–H and O–H groups in total. The van der Waals surface area contributed by atoms with E-state index >= 15 is 0 Å². The smallest absolute Gasteiger partial charge is 0.159 e. The Hall–Kier alpha value is -6.45. The molecule has 49 heavy (non-hydrogen) atoms. The number of nitrogens with zero attached hydrogens (tertiary/aromatic N) is 1. The molecule has 3 heteroatoms. The first-order valence-electron chi connectivity index (χ1n) is 16.4. The van der Waals surface area contributed by atoms with E-state index in [-0.39, 0.29) is 5.82 Å². The van der Waals surface area contributed by atoms with Gasteiger partial charge in [0.05, 0.1) is 5.69 Å². The van der Waals surface area contributed by atoms with E-state index in [2.05, 4.69) is 138 Å². The Bertz CT molecular complexity index is 2600. The third kappa shape index (κ3) is 5.22. The minimum atomic E-state index is -0.251. The molecule has 0 saturated heterocycles. The van der Waals surface area contributed by atoms with E-state index in [4.69, 9.17) is 4.42 Å². The second-order valence-corrected chi connectivity index (χ2v) is 12.3. The highest BCUT2D eigenvalue weighted by atomic mass is 19.1. The first-order valence-corrected chi connectivity index (χ1v) is 16.4. The van der Waals surface area contributed by atoms with Crippen LogP contribution in [0.15, 0.2) is 186 Å². The van der Waals surface area contributed by atoms with Gasteiger partial charge in [0.15, 0.2) is 5.58 Å². The Morgan fingerprint density at radius 3 is 1.90 bits per heavy atom. The van der Waals surface area contributed by atoms with Crippen molar-refractivity contribution in [3.63, 3.8) is 0 Å². The number of rotatable bonds is 6. The molecule has 0 aliphatic heterocycles. The van der Waals surface area contributed by atoms with E-state index in [9.17, 15) is 4.39 Å². The molecule has 2 nitrogen and oxygen atoms in total. The molecule has 0 spiro atoms. The zero-order chi connectivity index (χ0) is 32.7. The summed E-state index contributed by atoms with van der Waals surface area (Å²) in [4.78, 5) is 2.27. The van der Waals surface area contributed by atoms with E-state index in [1.165, 1.54) is 28.5 Å². The van der Waals surface area contributed by atoms with Crippen molar-refractivity contribution in [3.05, 3.63) is 188 Å². The van der Waals surface area contributed by atoms with Crippen molar-refractivity contribution in [2.45, 2.75) is 0 Å². The molecule has 0 radical (unpaired) electrons. The van der Waals surface area contributed by atoms with Crippen molar-refractivity contribution in [1.82, 2.24) is 0 Å². The molecule has 232 valence electrons. The predicted octanol–water partition coefficient (Wildman–Crippen LogP) is 13.3. The van der Waals surface area contributed by atoms with Crippen LogP contribution in [0.5, 0.6) is 0 Å². The fourth-order valence-electron chi connectivity index (χ4n) is 6.92. The van der Waals surface area contributed by atoms with Crippen LogP contribution in [0.1, 0.15) is 0 Å². The van der Waals surface area contributed by atoms with Crippen molar-refractivity contribution >= 4 is 49.8 Å². The zero-order valence-corrected chi connectivity index (χ0v) is 26.6. The number of para-hydroxylation sites is 2. The maximum absolute atomic E-state index is 14.0. The number of halogens is 1. The fraction of sp³-hybridized carbons (Fsp3) is 0. The molecule has 0 fully saturated rings. The van der Waals surface area contributed by atoms with E-state index in [0.717, 1.165) is 66.8 Å². The lowest BCUT2D eigenvalue weighted by Gasteiger charge is -2.27. The number of hydrogen-bond acceptors (Lipinski definition) is 2. The van der Waals surface area contributed by atoms with Crippen LogP contribution in [0.3, 0.4) is 0 Å². The summed E-state index contributed by atoms with van der Waals surface area (Å²) in [5.74, 6) is -0.251. The topological polar surface area (TPSA) is 16.4 Å². The molecule has 0 atom stereocenters. The monoisotopic (exact) mass is 631 g/mol. The third-order valence-corrected chi connectivity index (χ3v) is 9.33. The van der Waals surface area contributed by atoms with Crippen LogP contribution in [-0.2, 0) is 0 Å².